The number of esters is 1. The lowest BCUT2D eigenvalue weighted by molar-refractivity contribution is -0.129. The van der Waals surface area contributed by atoms with Gasteiger partial charge in [0.2, 0.25) is 5.90 Å². The second-order valence-corrected chi connectivity index (χ2v) is 5.48. The van der Waals surface area contributed by atoms with Crippen molar-refractivity contribution in [2.24, 2.45) is 4.99 Å². The first-order valence-corrected chi connectivity index (χ1v) is 7.01. The van der Waals surface area contributed by atoms with Gasteiger partial charge in [-0.3, -0.25) is 0 Å². The minimum Gasteiger partial charge on any atom is -0.402 e. The molecule has 1 aliphatic heterocycles. The van der Waals surface area contributed by atoms with Crippen molar-refractivity contribution >= 4 is 40.9 Å². The van der Waals surface area contributed by atoms with Crippen LogP contribution in [-0.2, 0) is 9.53 Å². The Morgan fingerprint density at radius 1 is 1.29 bits per heavy atom. The zero-order valence-electron chi connectivity index (χ0n) is 10.3. The molecule has 1 aromatic carbocycles. The van der Waals surface area contributed by atoms with Gasteiger partial charge in [-0.25, -0.2) is 18.6 Å². The zero-order chi connectivity index (χ0) is 15.0. The zero-order valence-corrected chi connectivity index (χ0v) is 11.8. The van der Waals surface area contributed by atoms with Crippen LogP contribution < -0.4 is 0 Å². The number of ether oxygens (including phenoxy) is 1. The molecule has 0 saturated carbocycles. The standard InChI is InChI=1S/C14H6ClF2NO2S/c15-9-6-11(17)10(16)5-8(9)13-18-12(14(19)20-13)4-7-2-1-3-21-7/h1-6H. The van der Waals surface area contributed by atoms with Gasteiger partial charge in [0, 0.05) is 4.88 Å². The van der Waals surface area contributed by atoms with E-state index in [1.165, 1.54) is 11.3 Å². The second kappa shape index (κ2) is 5.38. The summed E-state index contributed by atoms with van der Waals surface area (Å²) in [4.78, 5) is 16.5. The fourth-order valence-electron chi connectivity index (χ4n) is 1.72. The van der Waals surface area contributed by atoms with E-state index in [0.717, 1.165) is 17.0 Å². The molecule has 3 rings (SSSR count). The number of benzene rings is 1. The highest BCUT2D eigenvalue weighted by Gasteiger charge is 2.26. The van der Waals surface area contributed by atoms with E-state index >= 15 is 0 Å². The molecule has 106 valence electrons. The van der Waals surface area contributed by atoms with Crippen molar-refractivity contribution in [1.82, 2.24) is 0 Å². The highest BCUT2D eigenvalue weighted by Crippen LogP contribution is 2.26. The number of hydrogen-bond acceptors (Lipinski definition) is 4. The summed E-state index contributed by atoms with van der Waals surface area (Å²) in [5, 5.41) is 1.77. The molecule has 0 atom stereocenters. The molecule has 0 unspecified atom stereocenters. The number of halogens is 3. The fourth-order valence-corrected chi connectivity index (χ4v) is 2.60. The number of rotatable bonds is 2. The molecule has 0 amide bonds. The molecule has 2 aromatic rings. The number of thiophene rings is 1. The maximum atomic E-state index is 13.3. The maximum absolute atomic E-state index is 13.3. The Kier molecular flexibility index (Phi) is 3.57. The van der Waals surface area contributed by atoms with E-state index in [9.17, 15) is 13.6 Å². The molecule has 0 saturated heterocycles. The highest BCUT2D eigenvalue weighted by atomic mass is 35.5. The van der Waals surface area contributed by atoms with Crippen LogP contribution in [0.1, 0.15) is 10.4 Å². The van der Waals surface area contributed by atoms with Gasteiger partial charge >= 0.3 is 5.97 Å². The summed E-state index contributed by atoms with van der Waals surface area (Å²) in [7, 11) is 0. The molecule has 0 radical (unpaired) electrons. The predicted octanol–water partition coefficient (Wildman–Crippen LogP) is 4.02. The van der Waals surface area contributed by atoms with Crippen molar-refractivity contribution in [3.8, 4) is 0 Å². The maximum Gasteiger partial charge on any atom is 0.363 e. The average Bonchev–Trinajstić information content (AvgIpc) is 3.05. The van der Waals surface area contributed by atoms with Crippen molar-refractivity contribution in [3.05, 3.63) is 62.4 Å². The Morgan fingerprint density at radius 2 is 2.05 bits per heavy atom. The Balaban J connectivity index is 2.01. The fraction of sp³-hybridized carbons (Fsp3) is 0. The molecule has 7 heteroatoms. The van der Waals surface area contributed by atoms with Crippen molar-refractivity contribution in [3.63, 3.8) is 0 Å². The van der Waals surface area contributed by atoms with Gasteiger partial charge in [0.05, 0.1) is 10.6 Å². The van der Waals surface area contributed by atoms with Crippen LogP contribution in [0.15, 0.2) is 40.3 Å². The van der Waals surface area contributed by atoms with Crippen LogP contribution in [0.5, 0.6) is 0 Å². The minimum atomic E-state index is -1.09. The molecular formula is C14H6ClF2NO2S. The average molecular weight is 326 g/mol. The molecule has 0 aliphatic carbocycles. The normalized spacial score (nSPS) is 16.2. The number of hydrogen-bond donors (Lipinski definition) is 0. The summed E-state index contributed by atoms with van der Waals surface area (Å²) in [5.74, 6) is -2.99. The number of carbonyl (C=O) groups is 1. The van der Waals surface area contributed by atoms with Gasteiger partial charge in [0.15, 0.2) is 17.3 Å². The molecular weight excluding hydrogens is 320 g/mol. The lowest BCUT2D eigenvalue weighted by Crippen LogP contribution is -2.07. The number of cyclic esters (lactones) is 1. The number of aliphatic imine (C=N–C) groups is 1. The Morgan fingerprint density at radius 3 is 2.76 bits per heavy atom. The van der Waals surface area contributed by atoms with Gasteiger partial charge in [-0.15, -0.1) is 11.3 Å². The van der Waals surface area contributed by atoms with E-state index in [-0.39, 0.29) is 22.2 Å². The van der Waals surface area contributed by atoms with Gasteiger partial charge in [0.25, 0.3) is 0 Å². The molecule has 0 N–H and O–H groups in total. The summed E-state index contributed by atoms with van der Waals surface area (Å²) >= 11 is 7.25. The molecule has 0 fully saturated rings. The lowest BCUT2D eigenvalue weighted by atomic mass is 10.2. The van der Waals surface area contributed by atoms with Crippen molar-refractivity contribution in [2.45, 2.75) is 0 Å². The van der Waals surface area contributed by atoms with Crippen molar-refractivity contribution in [2.75, 3.05) is 0 Å². The van der Waals surface area contributed by atoms with Crippen molar-refractivity contribution < 1.29 is 18.3 Å². The van der Waals surface area contributed by atoms with Crippen LogP contribution in [0.4, 0.5) is 8.78 Å². The van der Waals surface area contributed by atoms with E-state index < -0.39 is 17.6 Å². The van der Waals surface area contributed by atoms with Gasteiger partial charge in [-0.1, -0.05) is 17.7 Å². The van der Waals surface area contributed by atoms with E-state index in [0.29, 0.717) is 0 Å². The third kappa shape index (κ3) is 2.72. The predicted molar refractivity (Wildman–Crippen MR) is 76.3 cm³/mol. The summed E-state index contributed by atoms with van der Waals surface area (Å²) < 4.78 is 31.3. The van der Waals surface area contributed by atoms with Crippen LogP contribution in [0.3, 0.4) is 0 Å². The summed E-state index contributed by atoms with van der Waals surface area (Å²) in [5.41, 5.74) is 0.103. The quantitative estimate of drug-likeness (QED) is 0.475. The second-order valence-electron chi connectivity index (χ2n) is 4.10. The molecule has 3 nitrogen and oxygen atoms in total. The highest BCUT2D eigenvalue weighted by molar-refractivity contribution is 7.10. The van der Waals surface area contributed by atoms with Crippen LogP contribution >= 0.6 is 22.9 Å². The van der Waals surface area contributed by atoms with E-state index in [1.807, 2.05) is 17.5 Å². The Bertz CT molecular complexity index is 785. The van der Waals surface area contributed by atoms with Gasteiger partial charge in [-0.2, -0.15) is 0 Å². The third-order valence-electron chi connectivity index (χ3n) is 2.68. The van der Waals surface area contributed by atoms with Gasteiger partial charge in [0.1, 0.15) is 0 Å². The van der Waals surface area contributed by atoms with Crippen LogP contribution in [0, 0.1) is 11.6 Å². The molecule has 1 aliphatic rings. The Labute approximate surface area is 127 Å². The molecule has 1 aromatic heterocycles. The first kappa shape index (κ1) is 13.9. The third-order valence-corrected chi connectivity index (χ3v) is 3.82. The van der Waals surface area contributed by atoms with Gasteiger partial charge < -0.3 is 4.74 Å². The summed E-state index contributed by atoms with van der Waals surface area (Å²) in [6.45, 7) is 0. The molecule has 21 heavy (non-hydrogen) atoms. The largest absolute Gasteiger partial charge is 0.402 e. The molecule has 0 bridgehead atoms. The van der Waals surface area contributed by atoms with Crippen LogP contribution in [0.2, 0.25) is 5.02 Å². The molecule has 2 heterocycles. The topological polar surface area (TPSA) is 38.7 Å². The number of carbonyl (C=O) groups excluding carboxylic acids is 1. The smallest absolute Gasteiger partial charge is 0.363 e. The van der Waals surface area contributed by atoms with E-state index in [1.54, 1.807) is 6.08 Å². The van der Waals surface area contributed by atoms with Crippen LogP contribution in [0.25, 0.3) is 6.08 Å². The van der Waals surface area contributed by atoms with E-state index in [4.69, 9.17) is 16.3 Å². The summed E-state index contributed by atoms with van der Waals surface area (Å²) in [6, 6.07) is 5.29. The Hall–Kier alpha value is -2.05. The number of nitrogens with zero attached hydrogens (tertiary/aromatic N) is 1. The monoisotopic (exact) mass is 325 g/mol. The van der Waals surface area contributed by atoms with Gasteiger partial charge in [-0.05, 0) is 29.7 Å². The first-order chi connectivity index (χ1) is 10.0. The minimum absolute atomic E-state index is 0.0264. The SMILES string of the molecule is O=C1OC(c2cc(F)c(F)cc2Cl)=NC1=Cc1cccs1. The molecule has 0 spiro atoms. The van der Waals surface area contributed by atoms with Crippen LogP contribution in [-0.4, -0.2) is 11.9 Å². The lowest BCUT2D eigenvalue weighted by Gasteiger charge is -2.03. The van der Waals surface area contributed by atoms with Crippen molar-refractivity contribution in [1.29, 1.82) is 0 Å². The van der Waals surface area contributed by atoms with E-state index in [2.05, 4.69) is 4.99 Å². The first-order valence-electron chi connectivity index (χ1n) is 5.75. The summed E-state index contributed by atoms with van der Waals surface area (Å²) in [6.07, 6.45) is 1.55.